The Morgan fingerprint density at radius 2 is 1.86 bits per heavy atom. The van der Waals surface area contributed by atoms with Crippen LogP contribution in [-0.4, -0.2) is 45.7 Å². The zero-order valence-electron chi connectivity index (χ0n) is 16.0. The summed E-state index contributed by atoms with van der Waals surface area (Å²) in [4.78, 5) is 22.7. The Morgan fingerprint density at radius 3 is 2.50 bits per heavy atom. The van der Waals surface area contributed by atoms with E-state index in [-0.39, 0.29) is 13.2 Å². The Labute approximate surface area is 163 Å². The third-order valence-corrected chi connectivity index (χ3v) is 3.70. The van der Waals surface area contributed by atoms with Gasteiger partial charge in [0.25, 0.3) is 0 Å². The third kappa shape index (κ3) is 5.29. The fourth-order valence-electron chi connectivity index (χ4n) is 2.51. The molecular formula is C20H23NO7. The van der Waals surface area contributed by atoms with Crippen molar-refractivity contribution in [2.45, 2.75) is 13.2 Å². The molecule has 2 aromatic carbocycles. The van der Waals surface area contributed by atoms with E-state index < -0.39 is 18.4 Å². The van der Waals surface area contributed by atoms with Crippen molar-refractivity contribution in [3.05, 3.63) is 43.0 Å². The molecule has 0 aromatic heterocycles. The number of benzene rings is 2. The number of carbonyl (C=O) groups is 2. The highest BCUT2D eigenvalue weighted by atomic mass is 16.7. The minimum atomic E-state index is -0.878. The number of ether oxygens (including phenoxy) is 5. The largest absolute Gasteiger partial charge is 0.493 e. The summed E-state index contributed by atoms with van der Waals surface area (Å²) in [7, 11) is 3.09. The quantitative estimate of drug-likeness (QED) is 0.305. The fraction of sp³-hybridized carbons (Fsp3) is 0.300. The van der Waals surface area contributed by atoms with E-state index in [4.69, 9.17) is 23.7 Å². The molecule has 0 heterocycles. The van der Waals surface area contributed by atoms with Crippen molar-refractivity contribution in [3.8, 4) is 17.2 Å². The van der Waals surface area contributed by atoms with Crippen LogP contribution >= 0.6 is 0 Å². The van der Waals surface area contributed by atoms with E-state index in [1.54, 1.807) is 20.1 Å². The van der Waals surface area contributed by atoms with Crippen LogP contribution in [0.5, 0.6) is 17.2 Å². The number of methoxy groups -OCH3 is 2. The molecule has 0 aliphatic heterocycles. The van der Waals surface area contributed by atoms with Gasteiger partial charge in [-0.15, -0.1) is 0 Å². The Morgan fingerprint density at radius 1 is 1.14 bits per heavy atom. The maximum atomic E-state index is 11.8. The average molecular weight is 389 g/mol. The molecule has 0 saturated heterocycles. The fourth-order valence-corrected chi connectivity index (χ4v) is 2.51. The molecule has 0 spiro atoms. The Bertz CT molecular complexity index is 850. The van der Waals surface area contributed by atoms with Crippen molar-refractivity contribution in [3.63, 3.8) is 0 Å². The number of fused-ring (bicyclic) bond motifs is 1. The van der Waals surface area contributed by atoms with Crippen LogP contribution in [0.2, 0.25) is 0 Å². The maximum absolute atomic E-state index is 11.8. The summed E-state index contributed by atoms with van der Waals surface area (Å²) in [5.74, 6) is 1.00. The van der Waals surface area contributed by atoms with Crippen molar-refractivity contribution < 1.29 is 33.3 Å². The molecular weight excluding hydrogens is 366 g/mol. The van der Waals surface area contributed by atoms with Crippen LogP contribution in [0.3, 0.4) is 0 Å². The number of alkyl carbamates (subject to hydrolysis) is 1. The summed E-state index contributed by atoms with van der Waals surface area (Å²) in [5, 5.41) is 4.05. The molecule has 1 N–H and O–H groups in total. The SMILES string of the molecule is C=CC(=O)OCCNC(=O)OC(C)Oc1cc(OC)c(OC)c2ccccc12. The van der Waals surface area contributed by atoms with Crippen LogP contribution in [0, 0.1) is 0 Å². The maximum Gasteiger partial charge on any atom is 0.410 e. The number of nitrogens with one attached hydrogen (secondary N) is 1. The van der Waals surface area contributed by atoms with Gasteiger partial charge in [-0.3, -0.25) is 0 Å². The Balaban J connectivity index is 2.02. The number of rotatable bonds is 9. The molecule has 28 heavy (non-hydrogen) atoms. The van der Waals surface area contributed by atoms with Gasteiger partial charge in [-0.05, 0) is 0 Å². The normalized spacial score (nSPS) is 11.2. The highest BCUT2D eigenvalue weighted by molar-refractivity contribution is 5.95. The van der Waals surface area contributed by atoms with Gasteiger partial charge in [-0.2, -0.15) is 0 Å². The van der Waals surface area contributed by atoms with E-state index in [1.165, 1.54) is 7.11 Å². The van der Waals surface area contributed by atoms with Gasteiger partial charge in [0.05, 0.1) is 20.8 Å². The first-order chi connectivity index (χ1) is 13.5. The summed E-state index contributed by atoms with van der Waals surface area (Å²) in [6.07, 6.45) is -0.536. The lowest BCUT2D eigenvalue weighted by Crippen LogP contribution is -2.32. The average Bonchev–Trinajstić information content (AvgIpc) is 2.70. The summed E-state index contributed by atoms with van der Waals surface area (Å²) < 4.78 is 26.5. The van der Waals surface area contributed by atoms with Crippen LogP contribution in [0.15, 0.2) is 43.0 Å². The number of amides is 1. The van der Waals surface area contributed by atoms with Crippen LogP contribution in [0.4, 0.5) is 4.79 Å². The lowest BCUT2D eigenvalue weighted by molar-refractivity contribution is -0.137. The first-order valence-electron chi connectivity index (χ1n) is 8.54. The molecule has 2 aromatic rings. The molecule has 0 radical (unpaired) electrons. The van der Waals surface area contributed by atoms with Gasteiger partial charge < -0.3 is 29.0 Å². The number of hydrogen-bond donors (Lipinski definition) is 1. The van der Waals surface area contributed by atoms with Crippen LogP contribution in [0.1, 0.15) is 6.92 Å². The molecule has 150 valence electrons. The van der Waals surface area contributed by atoms with Crippen LogP contribution in [-0.2, 0) is 14.3 Å². The van der Waals surface area contributed by atoms with E-state index in [2.05, 4.69) is 11.9 Å². The molecule has 2 rings (SSSR count). The predicted molar refractivity (Wildman–Crippen MR) is 103 cm³/mol. The second-order valence-electron chi connectivity index (χ2n) is 5.54. The second kappa shape index (κ2) is 10.1. The predicted octanol–water partition coefficient (Wildman–Crippen LogP) is 3.04. The van der Waals surface area contributed by atoms with Gasteiger partial charge in [0, 0.05) is 29.8 Å². The van der Waals surface area contributed by atoms with E-state index >= 15 is 0 Å². The topological polar surface area (TPSA) is 92.3 Å². The molecule has 1 unspecified atom stereocenters. The molecule has 0 aliphatic carbocycles. The lowest BCUT2D eigenvalue weighted by Gasteiger charge is -2.19. The van der Waals surface area contributed by atoms with Gasteiger partial charge in [0.1, 0.15) is 12.4 Å². The van der Waals surface area contributed by atoms with Gasteiger partial charge in [0.15, 0.2) is 11.5 Å². The van der Waals surface area contributed by atoms with E-state index in [0.717, 1.165) is 16.8 Å². The smallest absolute Gasteiger partial charge is 0.410 e. The first-order valence-corrected chi connectivity index (χ1v) is 8.54. The Hall–Kier alpha value is -3.42. The van der Waals surface area contributed by atoms with Crippen molar-refractivity contribution in [2.24, 2.45) is 0 Å². The van der Waals surface area contributed by atoms with Crippen LogP contribution < -0.4 is 19.5 Å². The molecule has 0 bridgehead atoms. The molecule has 1 atom stereocenters. The zero-order chi connectivity index (χ0) is 20.5. The molecule has 8 heteroatoms. The van der Waals surface area contributed by atoms with Gasteiger partial charge in [0.2, 0.25) is 6.29 Å². The van der Waals surface area contributed by atoms with E-state index in [0.29, 0.717) is 17.2 Å². The van der Waals surface area contributed by atoms with Crippen LogP contribution in [0.25, 0.3) is 10.8 Å². The van der Waals surface area contributed by atoms with Crippen molar-refractivity contribution in [2.75, 3.05) is 27.4 Å². The number of esters is 1. The zero-order valence-corrected chi connectivity index (χ0v) is 16.0. The van der Waals surface area contributed by atoms with Crippen molar-refractivity contribution >= 4 is 22.8 Å². The number of hydrogen-bond acceptors (Lipinski definition) is 7. The molecule has 0 aliphatic rings. The highest BCUT2D eigenvalue weighted by Gasteiger charge is 2.17. The Kier molecular flexibility index (Phi) is 7.50. The van der Waals surface area contributed by atoms with E-state index in [1.807, 2.05) is 24.3 Å². The van der Waals surface area contributed by atoms with E-state index in [9.17, 15) is 9.59 Å². The second-order valence-corrected chi connectivity index (χ2v) is 5.54. The summed E-state index contributed by atoms with van der Waals surface area (Å²) in [6.45, 7) is 4.98. The third-order valence-electron chi connectivity index (χ3n) is 3.70. The monoisotopic (exact) mass is 389 g/mol. The van der Waals surface area contributed by atoms with Gasteiger partial charge >= 0.3 is 12.1 Å². The number of carbonyl (C=O) groups excluding carboxylic acids is 2. The van der Waals surface area contributed by atoms with Gasteiger partial charge in [-0.1, -0.05) is 30.8 Å². The standard InChI is InChI=1S/C20H23NO7/c1-5-18(22)26-11-10-21-20(23)28-13(2)27-16-12-17(24-3)19(25-4)15-9-7-6-8-14(15)16/h5-9,12-13H,1,10-11H2,2-4H3,(H,21,23). The summed E-state index contributed by atoms with van der Waals surface area (Å²) in [6, 6.07) is 9.16. The minimum absolute atomic E-state index is 0.00943. The molecule has 0 saturated carbocycles. The molecule has 8 nitrogen and oxygen atoms in total. The molecule has 0 fully saturated rings. The lowest BCUT2D eigenvalue weighted by atomic mass is 10.1. The minimum Gasteiger partial charge on any atom is -0.493 e. The van der Waals surface area contributed by atoms with Crippen molar-refractivity contribution in [1.29, 1.82) is 0 Å². The summed E-state index contributed by atoms with van der Waals surface area (Å²) >= 11 is 0. The summed E-state index contributed by atoms with van der Waals surface area (Å²) in [5.41, 5.74) is 0. The van der Waals surface area contributed by atoms with Crippen molar-refractivity contribution in [1.82, 2.24) is 5.32 Å². The highest BCUT2D eigenvalue weighted by Crippen LogP contribution is 2.41. The molecule has 1 amide bonds. The van der Waals surface area contributed by atoms with Gasteiger partial charge in [-0.25, -0.2) is 9.59 Å². The first kappa shape index (κ1) is 20.9.